The average molecular weight is 821 g/mol. The van der Waals surface area contributed by atoms with E-state index in [0.29, 0.717) is 25.2 Å². The van der Waals surface area contributed by atoms with E-state index in [1.54, 1.807) is 0 Å². The number of ether oxygens (including phenoxy) is 6. The van der Waals surface area contributed by atoms with Crippen LogP contribution in [0.15, 0.2) is 11.6 Å². The zero-order valence-electron chi connectivity index (χ0n) is 32.7. The second kappa shape index (κ2) is 16.7. The summed E-state index contributed by atoms with van der Waals surface area (Å²) >= 11 is 0. The van der Waals surface area contributed by atoms with Crippen molar-refractivity contribution in [3.8, 4) is 0 Å². The second-order valence-corrected chi connectivity index (χ2v) is 18.3. The van der Waals surface area contributed by atoms with Gasteiger partial charge in [-0.3, -0.25) is 0 Å². The molecule has 0 radical (unpaired) electrons. The number of hydrogen-bond acceptors (Lipinski definition) is 18. The van der Waals surface area contributed by atoms with E-state index in [2.05, 4.69) is 19.9 Å². The van der Waals surface area contributed by atoms with Gasteiger partial charge in [0.25, 0.3) is 0 Å². The lowest BCUT2D eigenvalue weighted by Crippen LogP contribution is -2.63. The number of allylic oxidation sites excluding steroid dienone is 1. The van der Waals surface area contributed by atoms with E-state index >= 15 is 0 Å². The third-order valence-corrected chi connectivity index (χ3v) is 15.3. The van der Waals surface area contributed by atoms with Gasteiger partial charge in [0, 0.05) is 5.41 Å². The van der Waals surface area contributed by atoms with Crippen molar-refractivity contribution in [1.29, 1.82) is 0 Å². The fraction of sp³-hybridized carbons (Fsp3) is 0.949. The largest absolute Gasteiger partial charge is 0.394 e. The van der Waals surface area contributed by atoms with Gasteiger partial charge in [0.15, 0.2) is 18.9 Å². The molecule has 12 N–H and O–H groups in total. The van der Waals surface area contributed by atoms with Crippen LogP contribution < -0.4 is 0 Å². The van der Waals surface area contributed by atoms with Crippen molar-refractivity contribution >= 4 is 0 Å². The summed E-state index contributed by atoms with van der Waals surface area (Å²) in [5.74, 6) is 0.203. The molecule has 23 atom stereocenters. The Morgan fingerprint density at radius 2 is 1.18 bits per heavy atom. The first-order chi connectivity index (χ1) is 26.9. The predicted octanol–water partition coefficient (Wildman–Crippen LogP) is -3.11. The summed E-state index contributed by atoms with van der Waals surface area (Å²) in [5, 5.41) is 127. The molecule has 3 saturated heterocycles. The summed E-state index contributed by atoms with van der Waals surface area (Å²) in [6.07, 6.45) is -16.7. The van der Waals surface area contributed by atoms with Crippen LogP contribution in [0.1, 0.15) is 72.1 Å². The van der Waals surface area contributed by atoms with E-state index in [1.165, 1.54) is 5.57 Å². The molecule has 18 nitrogen and oxygen atoms in total. The maximum Gasteiger partial charge on any atom is 0.186 e. The van der Waals surface area contributed by atoms with Gasteiger partial charge in [-0.15, -0.1) is 0 Å². The summed E-state index contributed by atoms with van der Waals surface area (Å²) in [4.78, 5) is 0. The van der Waals surface area contributed by atoms with Crippen LogP contribution in [-0.2, 0) is 28.4 Å². The van der Waals surface area contributed by atoms with Gasteiger partial charge in [0.2, 0.25) is 0 Å². The fourth-order valence-electron chi connectivity index (χ4n) is 11.7. The summed E-state index contributed by atoms with van der Waals surface area (Å²) in [7, 11) is 0. The number of fused-ring (bicyclic) bond motifs is 5. The number of rotatable bonds is 10. The Morgan fingerprint density at radius 3 is 1.75 bits per heavy atom. The zero-order chi connectivity index (χ0) is 41.4. The summed E-state index contributed by atoms with van der Waals surface area (Å²) < 4.78 is 34.4. The zero-order valence-corrected chi connectivity index (χ0v) is 32.7. The van der Waals surface area contributed by atoms with E-state index < -0.39 is 129 Å². The molecule has 18 heteroatoms. The van der Waals surface area contributed by atoms with Crippen molar-refractivity contribution in [2.45, 2.75) is 182 Å². The molecular weight excluding hydrogens is 756 g/mol. The molecule has 3 aliphatic heterocycles. The highest BCUT2D eigenvalue weighted by Gasteiger charge is 2.67. The molecule has 0 spiro atoms. The topological polar surface area (TPSA) is 298 Å². The van der Waals surface area contributed by atoms with Crippen molar-refractivity contribution in [3.05, 3.63) is 11.6 Å². The van der Waals surface area contributed by atoms with E-state index in [4.69, 9.17) is 28.4 Å². The lowest BCUT2D eigenvalue weighted by atomic mass is 9.45. The van der Waals surface area contributed by atoms with Crippen LogP contribution >= 0.6 is 0 Å². The molecule has 57 heavy (non-hydrogen) atoms. The van der Waals surface area contributed by atoms with Gasteiger partial charge >= 0.3 is 0 Å². The van der Waals surface area contributed by atoms with Gasteiger partial charge in [0.05, 0.1) is 37.6 Å². The Balaban J connectivity index is 0.973. The van der Waals surface area contributed by atoms with Gasteiger partial charge in [-0.2, -0.15) is 0 Å². The standard InChI is InChI=1S/C39H64O18/c1-16(19-8-11-39(51)21-5-4-17-12-18(41)6-9-37(17,2)20(21)7-10-38(19,39)3)54-36-33(50)30(47)27(44)24(57-36)15-53-35-32(49)29(46)26(43)23(56-35)14-52-34-31(48)28(45)25(42)22(13-40)55-34/h4,16,18-36,40-51H,5-15H2,1-3H3. The Hall–Kier alpha value is -0.980. The van der Waals surface area contributed by atoms with Crippen molar-refractivity contribution in [3.63, 3.8) is 0 Å². The molecule has 23 unspecified atom stereocenters. The first-order valence-electron chi connectivity index (χ1n) is 20.5. The lowest BCUT2D eigenvalue weighted by molar-refractivity contribution is -0.346. The molecule has 0 bridgehead atoms. The molecule has 0 aromatic heterocycles. The Labute approximate surface area is 331 Å². The van der Waals surface area contributed by atoms with Gasteiger partial charge in [-0.05, 0) is 81.5 Å². The van der Waals surface area contributed by atoms with Crippen molar-refractivity contribution in [2.75, 3.05) is 19.8 Å². The molecule has 328 valence electrons. The van der Waals surface area contributed by atoms with Crippen LogP contribution in [0.25, 0.3) is 0 Å². The Kier molecular flexibility index (Phi) is 12.9. The maximum absolute atomic E-state index is 12.6. The molecule has 7 aliphatic rings. The normalized spacial score (nSPS) is 54.6. The Bertz CT molecular complexity index is 1420. The van der Waals surface area contributed by atoms with Gasteiger partial charge in [-0.25, -0.2) is 0 Å². The van der Waals surface area contributed by atoms with E-state index in [9.17, 15) is 61.3 Å². The molecule has 4 aliphatic carbocycles. The van der Waals surface area contributed by atoms with E-state index in [1.807, 2.05) is 6.92 Å². The van der Waals surface area contributed by atoms with Crippen molar-refractivity contribution in [1.82, 2.24) is 0 Å². The third kappa shape index (κ3) is 7.56. The number of aliphatic hydroxyl groups excluding tert-OH is 11. The van der Waals surface area contributed by atoms with Gasteiger partial charge in [0.1, 0.15) is 73.2 Å². The summed E-state index contributed by atoms with van der Waals surface area (Å²) in [6, 6.07) is 0. The minimum Gasteiger partial charge on any atom is -0.394 e. The van der Waals surface area contributed by atoms with Crippen LogP contribution in [0.2, 0.25) is 0 Å². The Morgan fingerprint density at radius 1 is 0.649 bits per heavy atom. The van der Waals surface area contributed by atoms with Crippen LogP contribution in [0.5, 0.6) is 0 Å². The van der Waals surface area contributed by atoms with Crippen LogP contribution in [-0.4, -0.2) is 191 Å². The molecule has 7 rings (SSSR count). The molecule has 0 aromatic rings. The molecule has 0 amide bonds. The highest BCUT2D eigenvalue weighted by Crippen LogP contribution is 2.68. The van der Waals surface area contributed by atoms with Crippen molar-refractivity contribution < 1.29 is 89.7 Å². The molecular formula is C39H64O18. The molecule has 3 heterocycles. The number of hydrogen-bond donors (Lipinski definition) is 12. The predicted molar refractivity (Wildman–Crippen MR) is 192 cm³/mol. The molecule has 3 saturated carbocycles. The highest BCUT2D eigenvalue weighted by molar-refractivity contribution is 5.28. The minimum absolute atomic E-state index is 0.0448. The highest BCUT2D eigenvalue weighted by atomic mass is 16.7. The summed E-state index contributed by atoms with van der Waals surface area (Å²) in [6.45, 7) is 4.44. The van der Waals surface area contributed by atoms with E-state index in [0.717, 1.165) is 32.1 Å². The molecule has 0 aromatic carbocycles. The first kappa shape index (κ1) is 44.1. The summed E-state index contributed by atoms with van der Waals surface area (Å²) in [5.41, 5.74) is -0.240. The fourth-order valence-corrected chi connectivity index (χ4v) is 11.7. The molecule has 6 fully saturated rings. The second-order valence-electron chi connectivity index (χ2n) is 18.3. The average Bonchev–Trinajstić information content (AvgIpc) is 3.47. The third-order valence-electron chi connectivity index (χ3n) is 15.3. The minimum atomic E-state index is -1.82. The van der Waals surface area contributed by atoms with E-state index in [-0.39, 0.29) is 23.4 Å². The van der Waals surface area contributed by atoms with Gasteiger partial charge in [-0.1, -0.05) is 25.5 Å². The maximum atomic E-state index is 12.6. The van der Waals surface area contributed by atoms with Crippen LogP contribution in [0.3, 0.4) is 0 Å². The SMILES string of the molecule is CC(OC1OC(COC2OC(COC3OC(CO)C(O)C(O)C3O)C(O)C(O)C2O)C(O)C(O)C1O)C1CCC2(O)C3CC=C4CC(O)CCC4(C)C3CCC12C. The quantitative estimate of drug-likeness (QED) is 0.0972. The van der Waals surface area contributed by atoms with Gasteiger partial charge < -0.3 is 89.7 Å². The van der Waals surface area contributed by atoms with Crippen LogP contribution in [0, 0.1) is 28.6 Å². The monoisotopic (exact) mass is 820 g/mol. The first-order valence-corrected chi connectivity index (χ1v) is 20.5. The lowest BCUT2D eigenvalue weighted by Gasteiger charge is -2.61. The van der Waals surface area contributed by atoms with Crippen LogP contribution in [0.4, 0.5) is 0 Å². The number of aliphatic hydroxyl groups is 12. The van der Waals surface area contributed by atoms with Crippen molar-refractivity contribution in [2.24, 2.45) is 28.6 Å². The smallest absolute Gasteiger partial charge is 0.186 e.